The standard InChI is InChI=1S/C14H18O5/c1-5-18-14(17)10(4)19-12-8(2)6-11(13(15)16)7-9(12)3/h6-7,10H,5H2,1-4H3,(H,15,16). The molecule has 0 heterocycles. The number of hydrogen-bond acceptors (Lipinski definition) is 4. The van der Waals surface area contributed by atoms with Gasteiger partial charge in [-0.3, -0.25) is 0 Å². The van der Waals surface area contributed by atoms with Crippen molar-refractivity contribution < 1.29 is 24.2 Å². The van der Waals surface area contributed by atoms with Crippen LogP contribution >= 0.6 is 0 Å². The predicted octanol–water partition coefficient (Wildman–Crippen LogP) is 2.33. The van der Waals surface area contributed by atoms with Gasteiger partial charge in [-0.15, -0.1) is 0 Å². The minimum absolute atomic E-state index is 0.200. The van der Waals surface area contributed by atoms with Gasteiger partial charge in [-0.2, -0.15) is 0 Å². The van der Waals surface area contributed by atoms with Crippen molar-refractivity contribution in [3.05, 3.63) is 28.8 Å². The summed E-state index contributed by atoms with van der Waals surface area (Å²) in [6.45, 7) is 7.10. The minimum Gasteiger partial charge on any atom is -0.478 e. The van der Waals surface area contributed by atoms with E-state index in [1.165, 1.54) is 12.1 Å². The van der Waals surface area contributed by atoms with Crippen LogP contribution in [0, 0.1) is 13.8 Å². The number of esters is 1. The van der Waals surface area contributed by atoms with E-state index in [0.717, 1.165) is 0 Å². The highest BCUT2D eigenvalue weighted by Crippen LogP contribution is 2.26. The minimum atomic E-state index is -0.990. The first kappa shape index (κ1) is 15.0. The van der Waals surface area contributed by atoms with Gasteiger partial charge in [0.25, 0.3) is 0 Å². The summed E-state index contributed by atoms with van der Waals surface area (Å²) in [7, 11) is 0. The van der Waals surface area contributed by atoms with Gasteiger partial charge in [-0.05, 0) is 51.0 Å². The van der Waals surface area contributed by atoms with Crippen LogP contribution in [0.2, 0.25) is 0 Å². The highest BCUT2D eigenvalue weighted by atomic mass is 16.6. The van der Waals surface area contributed by atoms with Crippen LogP contribution in [0.15, 0.2) is 12.1 Å². The van der Waals surface area contributed by atoms with Crippen LogP contribution in [-0.4, -0.2) is 29.8 Å². The third-order valence-corrected chi connectivity index (χ3v) is 2.62. The third kappa shape index (κ3) is 3.71. The summed E-state index contributed by atoms with van der Waals surface area (Å²) < 4.78 is 10.4. The van der Waals surface area contributed by atoms with Gasteiger partial charge in [-0.25, -0.2) is 9.59 Å². The first-order chi connectivity index (χ1) is 8.86. The molecule has 0 amide bonds. The summed E-state index contributed by atoms with van der Waals surface area (Å²) in [5.41, 5.74) is 1.55. The topological polar surface area (TPSA) is 72.8 Å². The Morgan fingerprint density at radius 3 is 2.21 bits per heavy atom. The summed E-state index contributed by atoms with van der Waals surface area (Å²) in [5, 5.41) is 8.95. The van der Waals surface area contributed by atoms with Crippen molar-refractivity contribution in [3.63, 3.8) is 0 Å². The number of carboxylic acids is 1. The van der Waals surface area contributed by atoms with Gasteiger partial charge in [0.1, 0.15) is 5.75 Å². The molecule has 0 aromatic heterocycles. The molecular formula is C14H18O5. The molecule has 1 atom stereocenters. The zero-order chi connectivity index (χ0) is 14.6. The van der Waals surface area contributed by atoms with E-state index in [2.05, 4.69) is 0 Å². The number of carbonyl (C=O) groups excluding carboxylic acids is 1. The molecule has 5 heteroatoms. The lowest BCUT2D eigenvalue weighted by Gasteiger charge is -2.17. The highest BCUT2D eigenvalue weighted by molar-refractivity contribution is 5.88. The SMILES string of the molecule is CCOC(=O)C(C)Oc1c(C)cc(C(=O)O)cc1C. The Kier molecular flexibility index (Phi) is 4.92. The van der Waals surface area contributed by atoms with Crippen molar-refractivity contribution in [2.24, 2.45) is 0 Å². The Balaban J connectivity index is 2.96. The summed E-state index contributed by atoms with van der Waals surface area (Å²) in [6, 6.07) is 3.03. The Morgan fingerprint density at radius 2 is 1.79 bits per heavy atom. The van der Waals surface area contributed by atoms with Crippen LogP contribution in [0.1, 0.15) is 35.3 Å². The molecule has 1 rings (SSSR count). The molecule has 0 aliphatic rings. The lowest BCUT2D eigenvalue weighted by atomic mass is 10.1. The Bertz CT molecular complexity index is 470. The van der Waals surface area contributed by atoms with Crippen molar-refractivity contribution in [2.75, 3.05) is 6.61 Å². The normalized spacial score (nSPS) is 11.8. The van der Waals surface area contributed by atoms with E-state index in [4.69, 9.17) is 14.6 Å². The molecule has 0 bridgehead atoms. The van der Waals surface area contributed by atoms with Crippen molar-refractivity contribution in [1.29, 1.82) is 0 Å². The van der Waals surface area contributed by atoms with Crippen molar-refractivity contribution in [1.82, 2.24) is 0 Å². The fourth-order valence-corrected chi connectivity index (χ4v) is 1.74. The zero-order valence-corrected chi connectivity index (χ0v) is 11.5. The summed E-state index contributed by atoms with van der Waals surface area (Å²) in [6.07, 6.45) is -0.729. The second-order valence-electron chi connectivity index (χ2n) is 4.26. The van der Waals surface area contributed by atoms with Crippen LogP contribution < -0.4 is 4.74 Å². The molecule has 0 spiro atoms. The molecule has 0 aliphatic heterocycles. The van der Waals surface area contributed by atoms with Gasteiger partial charge in [0.05, 0.1) is 12.2 Å². The number of ether oxygens (including phenoxy) is 2. The average Bonchev–Trinajstić information content (AvgIpc) is 2.33. The number of benzene rings is 1. The van der Waals surface area contributed by atoms with E-state index in [0.29, 0.717) is 23.5 Å². The molecule has 5 nitrogen and oxygen atoms in total. The first-order valence-corrected chi connectivity index (χ1v) is 6.04. The molecule has 0 fully saturated rings. The molecule has 0 aliphatic carbocycles. The smallest absolute Gasteiger partial charge is 0.347 e. The Hall–Kier alpha value is -2.04. The summed E-state index contributed by atoms with van der Waals surface area (Å²) in [4.78, 5) is 22.4. The Morgan fingerprint density at radius 1 is 1.26 bits per heavy atom. The van der Waals surface area contributed by atoms with Gasteiger partial charge in [-0.1, -0.05) is 0 Å². The average molecular weight is 266 g/mol. The number of aryl methyl sites for hydroxylation is 2. The van der Waals surface area contributed by atoms with Crippen molar-refractivity contribution >= 4 is 11.9 Å². The molecule has 1 N–H and O–H groups in total. The van der Waals surface area contributed by atoms with E-state index in [1.807, 2.05) is 0 Å². The fourth-order valence-electron chi connectivity index (χ4n) is 1.74. The molecule has 19 heavy (non-hydrogen) atoms. The van der Waals surface area contributed by atoms with E-state index in [-0.39, 0.29) is 5.56 Å². The quantitative estimate of drug-likeness (QED) is 0.828. The number of hydrogen-bond donors (Lipinski definition) is 1. The predicted molar refractivity (Wildman–Crippen MR) is 69.6 cm³/mol. The van der Waals surface area contributed by atoms with Gasteiger partial charge >= 0.3 is 11.9 Å². The van der Waals surface area contributed by atoms with Crippen LogP contribution in [0.3, 0.4) is 0 Å². The van der Waals surface area contributed by atoms with E-state index < -0.39 is 18.0 Å². The fraction of sp³-hybridized carbons (Fsp3) is 0.429. The summed E-state index contributed by atoms with van der Waals surface area (Å²) >= 11 is 0. The molecule has 1 unspecified atom stereocenters. The van der Waals surface area contributed by atoms with Gasteiger partial charge < -0.3 is 14.6 Å². The number of carbonyl (C=O) groups is 2. The third-order valence-electron chi connectivity index (χ3n) is 2.62. The second-order valence-corrected chi connectivity index (χ2v) is 4.26. The van der Waals surface area contributed by atoms with Gasteiger partial charge in [0, 0.05) is 0 Å². The molecular weight excluding hydrogens is 248 g/mol. The molecule has 1 aromatic rings. The van der Waals surface area contributed by atoms with Crippen LogP contribution in [0.5, 0.6) is 5.75 Å². The van der Waals surface area contributed by atoms with Crippen LogP contribution in [0.25, 0.3) is 0 Å². The van der Waals surface area contributed by atoms with E-state index in [1.54, 1.807) is 27.7 Å². The first-order valence-electron chi connectivity index (χ1n) is 6.04. The lowest BCUT2D eigenvalue weighted by molar-refractivity contribution is -0.150. The van der Waals surface area contributed by atoms with Crippen molar-refractivity contribution in [2.45, 2.75) is 33.8 Å². The van der Waals surface area contributed by atoms with Crippen LogP contribution in [-0.2, 0) is 9.53 Å². The molecule has 0 radical (unpaired) electrons. The van der Waals surface area contributed by atoms with Crippen molar-refractivity contribution in [3.8, 4) is 5.75 Å². The van der Waals surface area contributed by atoms with E-state index in [9.17, 15) is 9.59 Å². The van der Waals surface area contributed by atoms with E-state index >= 15 is 0 Å². The highest BCUT2D eigenvalue weighted by Gasteiger charge is 2.19. The lowest BCUT2D eigenvalue weighted by Crippen LogP contribution is -2.26. The molecule has 104 valence electrons. The molecule has 0 saturated carbocycles. The zero-order valence-electron chi connectivity index (χ0n) is 11.5. The number of rotatable bonds is 5. The number of aromatic carboxylic acids is 1. The monoisotopic (exact) mass is 266 g/mol. The largest absolute Gasteiger partial charge is 0.478 e. The molecule has 1 aromatic carbocycles. The maximum Gasteiger partial charge on any atom is 0.347 e. The maximum atomic E-state index is 11.5. The Labute approximate surface area is 112 Å². The van der Waals surface area contributed by atoms with Crippen LogP contribution in [0.4, 0.5) is 0 Å². The number of carboxylic acid groups (broad SMARTS) is 1. The maximum absolute atomic E-state index is 11.5. The van der Waals surface area contributed by atoms with Gasteiger partial charge in [0.2, 0.25) is 0 Å². The van der Waals surface area contributed by atoms with Gasteiger partial charge in [0.15, 0.2) is 6.10 Å². The second kappa shape index (κ2) is 6.22. The summed E-state index contributed by atoms with van der Waals surface area (Å²) in [5.74, 6) is -0.912. The molecule has 0 saturated heterocycles.